The third-order valence-electron chi connectivity index (χ3n) is 2.58. The van der Waals surface area contributed by atoms with Crippen LogP contribution in [0.4, 0.5) is 13.2 Å². The van der Waals surface area contributed by atoms with Crippen molar-refractivity contribution < 1.29 is 18.3 Å². The minimum Gasteiger partial charge on any atom is -0.383 e. The summed E-state index contributed by atoms with van der Waals surface area (Å²) in [6.45, 7) is 1.17. The molecule has 0 aliphatic heterocycles. The first-order chi connectivity index (χ1) is 8.97. The van der Waals surface area contributed by atoms with E-state index >= 15 is 0 Å². The number of halogens is 3. The Labute approximate surface area is 111 Å². The Hall–Kier alpha value is -0.870. The number of aromatic nitrogens is 4. The number of nitrogens with zero attached hydrogens (tertiary/aromatic N) is 4. The van der Waals surface area contributed by atoms with Crippen molar-refractivity contribution in [2.24, 2.45) is 0 Å². The maximum atomic E-state index is 12.1. The van der Waals surface area contributed by atoms with Crippen LogP contribution in [0.3, 0.4) is 0 Å². The third kappa shape index (κ3) is 4.62. The normalized spacial score (nSPS) is 17.7. The van der Waals surface area contributed by atoms with E-state index < -0.39 is 18.0 Å². The molecule has 1 saturated carbocycles. The molecule has 0 bridgehead atoms. The molecule has 1 aromatic rings. The summed E-state index contributed by atoms with van der Waals surface area (Å²) in [5.74, 6) is -0.514. The summed E-state index contributed by atoms with van der Waals surface area (Å²) in [7, 11) is 0. The summed E-state index contributed by atoms with van der Waals surface area (Å²) in [5.41, 5.74) is 0. The van der Waals surface area contributed by atoms with E-state index in [4.69, 9.17) is 5.11 Å². The molecule has 2 rings (SSSR count). The second kappa shape index (κ2) is 6.06. The van der Waals surface area contributed by atoms with Gasteiger partial charge >= 0.3 is 6.18 Å². The van der Waals surface area contributed by atoms with E-state index in [-0.39, 0.29) is 5.16 Å². The average Bonchev–Trinajstić information content (AvgIpc) is 3.04. The second-order valence-corrected chi connectivity index (χ2v) is 5.27. The molecule has 0 radical (unpaired) electrons. The molecular weight excluding hydrogens is 283 g/mol. The van der Waals surface area contributed by atoms with Gasteiger partial charge in [-0.3, -0.25) is 0 Å². The number of hydrogen-bond donors (Lipinski definition) is 2. The predicted octanol–water partition coefficient (Wildman–Crippen LogP) is 0.440. The molecule has 0 saturated heterocycles. The SMILES string of the molecule is OC(CSc1nnnn1CCNC1CC1)C(F)(F)F. The van der Waals surface area contributed by atoms with Crippen molar-refractivity contribution in [2.75, 3.05) is 12.3 Å². The number of alkyl halides is 3. The summed E-state index contributed by atoms with van der Waals surface area (Å²) in [6.07, 6.45) is -4.66. The molecule has 6 nitrogen and oxygen atoms in total. The molecule has 0 amide bonds. The van der Waals surface area contributed by atoms with Gasteiger partial charge in [0.2, 0.25) is 5.16 Å². The van der Waals surface area contributed by atoms with Gasteiger partial charge in [0.1, 0.15) is 0 Å². The molecule has 1 aliphatic rings. The van der Waals surface area contributed by atoms with Gasteiger partial charge < -0.3 is 10.4 Å². The highest BCUT2D eigenvalue weighted by Crippen LogP contribution is 2.25. The van der Waals surface area contributed by atoms with Crippen molar-refractivity contribution in [1.82, 2.24) is 25.5 Å². The van der Waals surface area contributed by atoms with Crippen molar-refractivity contribution in [3.8, 4) is 0 Å². The zero-order chi connectivity index (χ0) is 13.9. The summed E-state index contributed by atoms with van der Waals surface area (Å²) in [6, 6.07) is 0.555. The molecular formula is C9H14F3N5OS. The molecule has 1 unspecified atom stereocenters. The Kier molecular flexibility index (Phi) is 4.63. The quantitative estimate of drug-likeness (QED) is 0.711. The maximum Gasteiger partial charge on any atom is 0.415 e. The number of aliphatic hydroxyl groups is 1. The van der Waals surface area contributed by atoms with Crippen LogP contribution in [0.5, 0.6) is 0 Å². The molecule has 0 aromatic carbocycles. The lowest BCUT2D eigenvalue weighted by atomic mass is 10.4. The highest BCUT2D eigenvalue weighted by molar-refractivity contribution is 7.99. The van der Waals surface area contributed by atoms with Crippen LogP contribution in [-0.2, 0) is 6.54 Å². The summed E-state index contributed by atoms with van der Waals surface area (Å²) < 4.78 is 37.9. The highest BCUT2D eigenvalue weighted by Gasteiger charge is 2.38. The first-order valence-corrected chi connectivity index (χ1v) is 6.82. The second-order valence-electron chi connectivity index (χ2n) is 4.28. The molecule has 2 N–H and O–H groups in total. The average molecular weight is 297 g/mol. The number of thioether (sulfide) groups is 1. The largest absolute Gasteiger partial charge is 0.415 e. The van der Waals surface area contributed by atoms with Crippen LogP contribution >= 0.6 is 11.8 Å². The molecule has 1 aromatic heterocycles. The summed E-state index contributed by atoms with van der Waals surface area (Å²) >= 11 is 0.792. The minimum absolute atomic E-state index is 0.279. The van der Waals surface area contributed by atoms with Gasteiger partial charge in [-0.2, -0.15) is 13.2 Å². The lowest BCUT2D eigenvalue weighted by Crippen LogP contribution is -2.30. The fourth-order valence-corrected chi connectivity index (χ4v) is 2.22. The highest BCUT2D eigenvalue weighted by atomic mass is 32.2. The van der Waals surface area contributed by atoms with Gasteiger partial charge in [0.15, 0.2) is 6.10 Å². The van der Waals surface area contributed by atoms with E-state index in [1.54, 1.807) is 0 Å². The van der Waals surface area contributed by atoms with Gasteiger partial charge in [-0.15, -0.1) is 5.10 Å². The van der Waals surface area contributed by atoms with Crippen LogP contribution < -0.4 is 5.32 Å². The topological polar surface area (TPSA) is 75.9 Å². The van der Waals surface area contributed by atoms with Gasteiger partial charge in [0, 0.05) is 18.3 Å². The predicted molar refractivity (Wildman–Crippen MR) is 61.6 cm³/mol. The Balaban J connectivity index is 1.77. The number of tetrazole rings is 1. The van der Waals surface area contributed by atoms with Crippen molar-refractivity contribution in [3.05, 3.63) is 0 Å². The lowest BCUT2D eigenvalue weighted by Gasteiger charge is -2.13. The Morgan fingerprint density at radius 3 is 2.84 bits per heavy atom. The fraction of sp³-hybridized carbons (Fsp3) is 0.889. The molecule has 0 spiro atoms. The molecule has 108 valence electrons. The van der Waals surface area contributed by atoms with Crippen molar-refractivity contribution in [3.63, 3.8) is 0 Å². The van der Waals surface area contributed by atoms with Crippen molar-refractivity contribution in [1.29, 1.82) is 0 Å². The van der Waals surface area contributed by atoms with E-state index in [9.17, 15) is 13.2 Å². The molecule has 10 heteroatoms. The molecule has 1 heterocycles. The van der Waals surface area contributed by atoms with Crippen LogP contribution in [0.1, 0.15) is 12.8 Å². The molecule has 19 heavy (non-hydrogen) atoms. The zero-order valence-corrected chi connectivity index (χ0v) is 10.8. The van der Waals surface area contributed by atoms with E-state index in [1.807, 2.05) is 0 Å². The van der Waals surface area contributed by atoms with Gasteiger partial charge in [-0.25, -0.2) is 4.68 Å². The lowest BCUT2D eigenvalue weighted by molar-refractivity contribution is -0.195. The van der Waals surface area contributed by atoms with Gasteiger partial charge in [0.05, 0.1) is 6.54 Å². The smallest absolute Gasteiger partial charge is 0.383 e. The van der Waals surface area contributed by atoms with Crippen LogP contribution in [0.15, 0.2) is 5.16 Å². The summed E-state index contributed by atoms with van der Waals surface area (Å²) in [4.78, 5) is 0. The molecule has 1 aliphatic carbocycles. The van der Waals surface area contributed by atoms with Crippen molar-refractivity contribution in [2.45, 2.75) is 42.9 Å². The number of rotatable bonds is 7. The molecule has 1 fully saturated rings. The van der Waals surface area contributed by atoms with E-state index in [1.165, 1.54) is 4.68 Å². The van der Waals surface area contributed by atoms with Gasteiger partial charge in [0.25, 0.3) is 0 Å². The number of nitrogens with one attached hydrogen (secondary N) is 1. The fourth-order valence-electron chi connectivity index (χ4n) is 1.35. The maximum absolute atomic E-state index is 12.1. The van der Waals surface area contributed by atoms with Crippen LogP contribution in [0.25, 0.3) is 0 Å². The zero-order valence-electron chi connectivity index (χ0n) is 9.97. The van der Waals surface area contributed by atoms with Gasteiger partial charge in [-0.05, 0) is 23.3 Å². The Morgan fingerprint density at radius 1 is 1.47 bits per heavy atom. The first kappa shape index (κ1) is 14.5. The number of hydrogen-bond acceptors (Lipinski definition) is 6. The van der Waals surface area contributed by atoms with Gasteiger partial charge in [-0.1, -0.05) is 11.8 Å². The number of aliphatic hydroxyl groups excluding tert-OH is 1. The van der Waals surface area contributed by atoms with Crippen LogP contribution in [-0.4, -0.2) is 55.9 Å². The summed E-state index contributed by atoms with van der Waals surface area (Å²) in [5, 5.41) is 23.2. The van der Waals surface area contributed by atoms with E-state index in [2.05, 4.69) is 20.8 Å². The van der Waals surface area contributed by atoms with Crippen LogP contribution in [0, 0.1) is 0 Å². The Morgan fingerprint density at radius 2 is 2.21 bits per heavy atom. The minimum atomic E-state index is -4.61. The first-order valence-electron chi connectivity index (χ1n) is 5.84. The Bertz CT molecular complexity index is 409. The monoisotopic (exact) mass is 297 g/mol. The standard InChI is InChI=1S/C9H14F3N5OS/c10-9(11,12)7(18)5-19-8-14-15-16-17(8)4-3-13-6-1-2-6/h6-7,13,18H,1-5H2. The van der Waals surface area contributed by atoms with E-state index in [0.29, 0.717) is 19.1 Å². The van der Waals surface area contributed by atoms with Crippen molar-refractivity contribution >= 4 is 11.8 Å². The van der Waals surface area contributed by atoms with E-state index in [0.717, 1.165) is 24.6 Å². The third-order valence-corrected chi connectivity index (χ3v) is 3.61. The van der Waals surface area contributed by atoms with Crippen LogP contribution in [0.2, 0.25) is 0 Å². The molecule has 1 atom stereocenters.